The van der Waals surface area contributed by atoms with E-state index in [4.69, 9.17) is 4.74 Å². The van der Waals surface area contributed by atoms with Gasteiger partial charge in [0.2, 0.25) is 10.0 Å². The zero-order valence-corrected chi connectivity index (χ0v) is 22.3. The molecule has 0 saturated carbocycles. The molecule has 5 rings (SSSR count). The first-order valence-corrected chi connectivity index (χ1v) is 14.6. The van der Waals surface area contributed by atoms with Crippen molar-refractivity contribution in [1.29, 1.82) is 0 Å². The van der Waals surface area contributed by atoms with Crippen molar-refractivity contribution in [3.8, 4) is 5.75 Å². The van der Waals surface area contributed by atoms with Crippen LogP contribution in [0.25, 0.3) is 0 Å². The number of aromatic nitrogens is 1. The summed E-state index contributed by atoms with van der Waals surface area (Å²) in [5, 5.41) is 2.82. The van der Waals surface area contributed by atoms with Crippen LogP contribution in [0, 0.1) is 5.92 Å². The van der Waals surface area contributed by atoms with Gasteiger partial charge in [-0.1, -0.05) is 25.8 Å². The highest BCUT2D eigenvalue weighted by Gasteiger charge is 2.39. The number of unbranched alkanes of at least 4 members (excludes halogenated alkanes) is 2. The molecule has 1 amide bonds. The lowest BCUT2D eigenvalue weighted by Crippen LogP contribution is -2.48. The second-order valence-corrected chi connectivity index (χ2v) is 12.0. The normalized spacial score (nSPS) is 19.0. The number of carbonyl (C=O) groups is 1. The monoisotopic (exact) mass is 535 g/mol. The summed E-state index contributed by atoms with van der Waals surface area (Å²) in [6.07, 6.45) is 4.13. The lowest BCUT2D eigenvalue weighted by Gasteiger charge is -2.42. The number of fused-ring (bicyclic) bond motifs is 4. The van der Waals surface area contributed by atoms with Crippen LogP contribution in [0.5, 0.6) is 5.75 Å². The molecule has 1 saturated heterocycles. The molecule has 9 heteroatoms. The molecule has 200 valence electrons. The van der Waals surface area contributed by atoms with Gasteiger partial charge in [-0.05, 0) is 73.4 Å². The van der Waals surface area contributed by atoms with E-state index in [9.17, 15) is 18.0 Å². The average Bonchev–Trinajstić information content (AvgIpc) is 2.92. The molecule has 1 N–H and O–H groups in total. The molecular weight excluding hydrogens is 502 g/mol. The predicted octanol–water partition coefficient (Wildman–Crippen LogP) is 4.48. The zero-order valence-electron chi connectivity index (χ0n) is 21.5. The van der Waals surface area contributed by atoms with Crippen LogP contribution in [-0.2, 0) is 16.6 Å². The van der Waals surface area contributed by atoms with Crippen molar-refractivity contribution in [1.82, 2.24) is 8.87 Å². The number of carbonyl (C=O) groups excluding carboxylic acids is 1. The number of hydrogen-bond acceptors (Lipinski definition) is 5. The maximum atomic E-state index is 13.5. The van der Waals surface area contributed by atoms with Crippen molar-refractivity contribution < 1.29 is 17.9 Å². The van der Waals surface area contributed by atoms with E-state index in [0.717, 1.165) is 37.1 Å². The summed E-state index contributed by atoms with van der Waals surface area (Å²) in [7, 11) is -3.71. The summed E-state index contributed by atoms with van der Waals surface area (Å²) >= 11 is 0. The van der Waals surface area contributed by atoms with Gasteiger partial charge in [0, 0.05) is 48.6 Å². The number of nitrogens with zero attached hydrogens (tertiary/aromatic N) is 2. The van der Waals surface area contributed by atoms with Crippen molar-refractivity contribution in [2.24, 2.45) is 5.92 Å². The fourth-order valence-corrected chi connectivity index (χ4v) is 6.92. The van der Waals surface area contributed by atoms with Crippen molar-refractivity contribution in [3.63, 3.8) is 0 Å². The molecule has 2 atom stereocenters. The molecule has 2 aliphatic rings. The van der Waals surface area contributed by atoms with Crippen molar-refractivity contribution in [3.05, 3.63) is 88.3 Å². The number of piperidine rings is 1. The van der Waals surface area contributed by atoms with Gasteiger partial charge in [-0.25, -0.2) is 8.42 Å². The Morgan fingerprint density at radius 3 is 2.47 bits per heavy atom. The lowest BCUT2D eigenvalue weighted by atomic mass is 9.84. The first kappa shape index (κ1) is 26.2. The molecule has 2 bridgehead atoms. The number of sulfonamides is 1. The standard InChI is InChI=1S/C29H33N3O5S/c1-2-3-4-16-37-25-12-8-22(9-13-25)29(34)30-24-10-14-26(15-11-24)38(35,36)31-18-21-17-23(20-31)27-6-5-7-28(33)32(27)19-21/h5-15,21,23H,2-4,16-20H2,1H3,(H,30,34). The predicted molar refractivity (Wildman–Crippen MR) is 146 cm³/mol. The fourth-order valence-electron chi connectivity index (χ4n) is 5.36. The van der Waals surface area contributed by atoms with Crippen LogP contribution in [0.15, 0.2) is 76.4 Å². The number of rotatable bonds is 9. The highest BCUT2D eigenvalue weighted by molar-refractivity contribution is 7.89. The Morgan fingerprint density at radius 2 is 1.74 bits per heavy atom. The molecule has 0 aliphatic carbocycles. The molecule has 3 aromatic rings. The zero-order chi connectivity index (χ0) is 26.7. The van der Waals surface area contributed by atoms with Gasteiger partial charge < -0.3 is 14.6 Å². The molecule has 2 aliphatic heterocycles. The SMILES string of the molecule is CCCCCOc1ccc(C(=O)Nc2ccc(S(=O)(=O)N3CC4CC(C3)c3cccc(=O)n3C4)cc2)cc1. The van der Waals surface area contributed by atoms with E-state index in [1.165, 1.54) is 16.4 Å². The molecule has 0 spiro atoms. The van der Waals surface area contributed by atoms with Crippen LogP contribution in [0.1, 0.15) is 54.6 Å². The Balaban J connectivity index is 1.22. The second-order valence-electron chi connectivity index (χ2n) is 10.1. The maximum Gasteiger partial charge on any atom is 0.255 e. The third-order valence-electron chi connectivity index (χ3n) is 7.33. The molecule has 38 heavy (non-hydrogen) atoms. The van der Waals surface area contributed by atoms with Gasteiger partial charge in [-0.3, -0.25) is 9.59 Å². The molecule has 2 unspecified atom stereocenters. The smallest absolute Gasteiger partial charge is 0.255 e. The third-order valence-corrected chi connectivity index (χ3v) is 9.18. The first-order valence-electron chi connectivity index (χ1n) is 13.2. The Bertz CT molecular complexity index is 1450. The Labute approximate surface area is 223 Å². The third kappa shape index (κ3) is 5.54. The van der Waals surface area contributed by atoms with E-state index in [1.807, 2.05) is 6.07 Å². The number of amides is 1. The van der Waals surface area contributed by atoms with E-state index >= 15 is 0 Å². The largest absolute Gasteiger partial charge is 0.494 e. The Morgan fingerprint density at radius 1 is 0.974 bits per heavy atom. The van der Waals surface area contributed by atoms with Crippen LogP contribution >= 0.6 is 0 Å². The quantitative estimate of drug-likeness (QED) is 0.408. The van der Waals surface area contributed by atoms with Gasteiger partial charge in [0.15, 0.2) is 0 Å². The number of pyridine rings is 1. The lowest BCUT2D eigenvalue weighted by molar-refractivity contribution is 0.102. The van der Waals surface area contributed by atoms with Crippen LogP contribution < -0.4 is 15.6 Å². The van der Waals surface area contributed by atoms with Crippen LogP contribution in [0.2, 0.25) is 0 Å². The van der Waals surface area contributed by atoms with Crippen LogP contribution in [0.4, 0.5) is 5.69 Å². The topological polar surface area (TPSA) is 97.7 Å². The molecular formula is C29H33N3O5S. The molecule has 3 heterocycles. The van der Waals surface area contributed by atoms with Gasteiger partial charge in [-0.15, -0.1) is 0 Å². The maximum absolute atomic E-state index is 13.5. The van der Waals surface area contributed by atoms with E-state index in [0.29, 0.717) is 37.5 Å². The number of ether oxygens (including phenoxy) is 1. The summed E-state index contributed by atoms with van der Waals surface area (Å²) in [6.45, 7) is 4.06. The number of nitrogens with one attached hydrogen (secondary N) is 1. The van der Waals surface area contributed by atoms with Gasteiger partial charge in [-0.2, -0.15) is 4.31 Å². The number of hydrogen-bond donors (Lipinski definition) is 1. The highest BCUT2D eigenvalue weighted by atomic mass is 32.2. The van der Waals surface area contributed by atoms with Crippen molar-refractivity contribution >= 4 is 21.6 Å². The molecule has 2 aromatic carbocycles. The van der Waals surface area contributed by atoms with Crippen molar-refractivity contribution in [2.75, 3.05) is 25.0 Å². The van der Waals surface area contributed by atoms with E-state index < -0.39 is 10.0 Å². The molecule has 0 radical (unpaired) electrons. The Hall–Kier alpha value is -3.43. The van der Waals surface area contributed by atoms with E-state index in [-0.39, 0.29) is 28.2 Å². The minimum atomic E-state index is -3.71. The average molecular weight is 536 g/mol. The van der Waals surface area contributed by atoms with Crippen LogP contribution in [0.3, 0.4) is 0 Å². The van der Waals surface area contributed by atoms with Gasteiger partial charge >= 0.3 is 0 Å². The summed E-state index contributed by atoms with van der Waals surface area (Å²) in [4.78, 5) is 25.1. The second kappa shape index (κ2) is 11.1. The summed E-state index contributed by atoms with van der Waals surface area (Å²) < 4.78 is 35.9. The molecule has 8 nitrogen and oxygen atoms in total. The molecule has 1 fully saturated rings. The highest BCUT2D eigenvalue weighted by Crippen LogP contribution is 2.37. The van der Waals surface area contributed by atoms with Gasteiger partial charge in [0.05, 0.1) is 11.5 Å². The van der Waals surface area contributed by atoms with E-state index in [2.05, 4.69) is 12.2 Å². The minimum absolute atomic E-state index is 0.00198. The molecule has 1 aromatic heterocycles. The summed E-state index contributed by atoms with van der Waals surface area (Å²) in [6, 6.07) is 18.5. The Kier molecular flexibility index (Phi) is 7.67. The van der Waals surface area contributed by atoms with E-state index in [1.54, 1.807) is 53.1 Å². The minimum Gasteiger partial charge on any atom is -0.494 e. The van der Waals surface area contributed by atoms with Gasteiger partial charge in [0.25, 0.3) is 11.5 Å². The number of benzene rings is 2. The summed E-state index contributed by atoms with van der Waals surface area (Å²) in [5.41, 5.74) is 1.88. The summed E-state index contributed by atoms with van der Waals surface area (Å²) in [5.74, 6) is 0.543. The van der Waals surface area contributed by atoms with Gasteiger partial charge in [0.1, 0.15) is 5.75 Å². The van der Waals surface area contributed by atoms with Crippen molar-refractivity contribution in [2.45, 2.75) is 50.0 Å². The first-order chi connectivity index (χ1) is 18.3. The number of anilines is 1. The fraction of sp³-hybridized carbons (Fsp3) is 0.379. The van der Waals surface area contributed by atoms with Crippen LogP contribution in [-0.4, -0.2) is 42.9 Å².